The highest BCUT2D eigenvalue weighted by atomic mass is 35.5. The van der Waals surface area contributed by atoms with Crippen LogP contribution in [0, 0.1) is 0 Å². The molecule has 1 heterocycles. The molecule has 0 fully saturated rings. The topological polar surface area (TPSA) is 67.3 Å². The molecule has 1 unspecified atom stereocenters. The lowest BCUT2D eigenvalue weighted by Crippen LogP contribution is -2.26. The summed E-state index contributed by atoms with van der Waals surface area (Å²) in [6.07, 6.45) is 0.764. The number of nitrogens with zero attached hydrogens (tertiary/aromatic N) is 2. The van der Waals surface area contributed by atoms with Gasteiger partial charge in [0.25, 0.3) is 0 Å². The van der Waals surface area contributed by atoms with Gasteiger partial charge in [0.1, 0.15) is 10.8 Å². The summed E-state index contributed by atoms with van der Waals surface area (Å²) in [5, 5.41) is 12.7. The van der Waals surface area contributed by atoms with Gasteiger partial charge in [-0.15, -0.1) is 11.6 Å². The van der Waals surface area contributed by atoms with Gasteiger partial charge < -0.3 is 15.2 Å². The molecule has 18 heavy (non-hydrogen) atoms. The zero-order chi connectivity index (χ0) is 13.5. The van der Waals surface area contributed by atoms with Gasteiger partial charge in [0, 0.05) is 6.04 Å². The van der Waals surface area contributed by atoms with E-state index in [4.69, 9.17) is 39.5 Å². The van der Waals surface area contributed by atoms with E-state index in [1.165, 1.54) is 6.20 Å². The van der Waals surface area contributed by atoms with E-state index in [1.807, 2.05) is 6.92 Å². The van der Waals surface area contributed by atoms with Crippen molar-refractivity contribution in [2.24, 2.45) is 0 Å². The quantitative estimate of drug-likeness (QED) is 0.596. The van der Waals surface area contributed by atoms with E-state index in [0.29, 0.717) is 17.4 Å². The maximum Gasteiger partial charge on any atom is 0.224 e. The van der Waals surface area contributed by atoms with Crippen LogP contribution in [0.5, 0.6) is 0 Å². The number of ether oxygens (including phenoxy) is 1. The van der Waals surface area contributed by atoms with Crippen LogP contribution >= 0.6 is 34.8 Å². The predicted octanol–water partition coefficient (Wildman–Crippen LogP) is 2.20. The predicted molar refractivity (Wildman–Crippen MR) is 72.7 cm³/mol. The van der Waals surface area contributed by atoms with Crippen LogP contribution in [-0.2, 0) is 4.74 Å². The van der Waals surface area contributed by atoms with E-state index in [1.54, 1.807) is 0 Å². The van der Waals surface area contributed by atoms with Crippen molar-refractivity contribution < 1.29 is 9.84 Å². The second-order valence-electron chi connectivity index (χ2n) is 3.73. The maximum absolute atomic E-state index is 9.20. The van der Waals surface area contributed by atoms with Crippen molar-refractivity contribution >= 4 is 40.6 Å². The number of rotatable bonds is 7. The number of aromatic nitrogens is 2. The fourth-order valence-corrected chi connectivity index (χ4v) is 1.52. The van der Waals surface area contributed by atoms with Crippen LogP contribution < -0.4 is 5.32 Å². The van der Waals surface area contributed by atoms with Crippen LogP contribution in [0.4, 0.5) is 5.82 Å². The number of hydrogen-bond donors (Lipinski definition) is 2. The molecule has 0 aliphatic carbocycles. The zero-order valence-electron chi connectivity index (χ0n) is 9.74. The standard InChI is InChI=1S/C10H14Cl3N3O2/c1-6(4-18-5-7(17)2-11)15-9-8(12)3-14-10(13)16-9/h3,6-7,17H,2,4-5H2,1H3,(H,14,15,16)/t6-,7?/m0/s1. The molecular formula is C10H14Cl3N3O2. The molecule has 1 aromatic heterocycles. The van der Waals surface area contributed by atoms with Crippen molar-refractivity contribution in [3.8, 4) is 0 Å². The molecule has 0 spiro atoms. The summed E-state index contributed by atoms with van der Waals surface area (Å²) >= 11 is 17.0. The molecule has 0 radical (unpaired) electrons. The zero-order valence-corrected chi connectivity index (χ0v) is 12.0. The average molecular weight is 315 g/mol. The van der Waals surface area contributed by atoms with Crippen LogP contribution in [-0.4, -0.2) is 46.3 Å². The van der Waals surface area contributed by atoms with Crippen molar-refractivity contribution in [2.75, 3.05) is 24.4 Å². The van der Waals surface area contributed by atoms with Crippen molar-refractivity contribution in [1.29, 1.82) is 0 Å². The van der Waals surface area contributed by atoms with Gasteiger partial charge in [-0.3, -0.25) is 0 Å². The Morgan fingerprint density at radius 3 is 2.83 bits per heavy atom. The lowest BCUT2D eigenvalue weighted by atomic mass is 10.3. The fourth-order valence-electron chi connectivity index (χ4n) is 1.15. The minimum absolute atomic E-state index is 0.0454. The Bertz CT molecular complexity index is 381. The highest BCUT2D eigenvalue weighted by Gasteiger charge is 2.09. The number of aliphatic hydroxyl groups is 1. The van der Waals surface area contributed by atoms with Crippen LogP contribution in [0.3, 0.4) is 0 Å². The molecule has 2 atom stereocenters. The summed E-state index contributed by atoms with van der Waals surface area (Å²) in [4.78, 5) is 7.70. The first-order valence-corrected chi connectivity index (χ1v) is 6.58. The molecule has 1 rings (SSSR count). The number of halogens is 3. The first kappa shape index (κ1) is 15.7. The summed E-state index contributed by atoms with van der Waals surface area (Å²) in [6.45, 7) is 2.46. The van der Waals surface area contributed by atoms with Crippen molar-refractivity contribution in [3.63, 3.8) is 0 Å². The van der Waals surface area contributed by atoms with Crippen molar-refractivity contribution in [2.45, 2.75) is 19.1 Å². The van der Waals surface area contributed by atoms with Gasteiger partial charge in [-0.05, 0) is 18.5 Å². The molecule has 0 aliphatic rings. The van der Waals surface area contributed by atoms with Gasteiger partial charge in [0.05, 0.1) is 31.4 Å². The third-order valence-corrected chi connectivity index (χ3v) is 2.77. The Kier molecular flexibility index (Phi) is 6.96. The van der Waals surface area contributed by atoms with Crippen molar-refractivity contribution in [1.82, 2.24) is 9.97 Å². The molecule has 0 bridgehead atoms. The second kappa shape index (κ2) is 7.96. The first-order chi connectivity index (χ1) is 8.52. The van der Waals surface area contributed by atoms with Gasteiger partial charge in [-0.1, -0.05) is 11.6 Å². The van der Waals surface area contributed by atoms with E-state index in [9.17, 15) is 5.11 Å². The van der Waals surface area contributed by atoms with E-state index in [2.05, 4.69) is 15.3 Å². The lowest BCUT2D eigenvalue weighted by molar-refractivity contribution is 0.0453. The first-order valence-electron chi connectivity index (χ1n) is 5.29. The van der Waals surface area contributed by atoms with Crippen LogP contribution in [0.1, 0.15) is 6.92 Å². The Hall–Kier alpha value is -0.330. The Morgan fingerprint density at radius 1 is 1.44 bits per heavy atom. The Balaban J connectivity index is 2.39. The van der Waals surface area contributed by atoms with Gasteiger partial charge in [0.15, 0.2) is 0 Å². The SMILES string of the molecule is C[C@@H](COCC(O)CCl)Nc1nc(Cl)ncc1Cl. The summed E-state index contributed by atoms with van der Waals surface area (Å²) in [6, 6.07) is -0.0454. The third kappa shape index (κ3) is 5.54. The van der Waals surface area contributed by atoms with E-state index < -0.39 is 6.10 Å². The molecule has 0 saturated carbocycles. The largest absolute Gasteiger partial charge is 0.389 e. The van der Waals surface area contributed by atoms with Gasteiger partial charge in [0.2, 0.25) is 5.28 Å². The third-order valence-electron chi connectivity index (χ3n) is 1.95. The molecule has 0 amide bonds. The average Bonchev–Trinajstić information content (AvgIpc) is 2.33. The Morgan fingerprint density at radius 2 is 2.17 bits per heavy atom. The molecule has 102 valence electrons. The van der Waals surface area contributed by atoms with E-state index in [0.717, 1.165) is 0 Å². The number of hydrogen-bond acceptors (Lipinski definition) is 5. The molecule has 1 aromatic rings. The molecular weight excluding hydrogens is 300 g/mol. The number of nitrogens with one attached hydrogen (secondary N) is 1. The van der Waals surface area contributed by atoms with Gasteiger partial charge in [-0.25, -0.2) is 4.98 Å². The summed E-state index contributed by atoms with van der Waals surface area (Å²) in [7, 11) is 0. The molecule has 0 saturated heterocycles. The molecule has 8 heteroatoms. The highest BCUT2D eigenvalue weighted by molar-refractivity contribution is 6.33. The van der Waals surface area contributed by atoms with Crippen molar-refractivity contribution in [3.05, 3.63) is 16.5 Å². The van der Waals surface area contributed by atoms with Gasteiger partial charge >= 0.3 is 0 Å². The lowest BCUT2D eigenvalue weighted by Gasteiger charge is -2.16. The van der Waals surface area contributed by atoms with E-state index >= 15 is 0 Å². The molecule has 0 aliphatic heterocycles. The maximum atomic E-state index is 9.20. The molecule has 2 N–H and O–H groups in total. The van der Waals surface area contributed by atoms with Crippen LogP contribution in [0.2, 0.25) is 10.3 Å². The summed E-state index contributed by atoms with van der Waals surface area (Å²) in [5.41, 5.74) is 0. The van der Waals surface area contributed by atoms with E-state index in [-0.39, 0.29) is 23.8 Å². The minimum atomic E-state index is -0.657. The molecule has 5 nitrogen and oxygen atoms in total. The smallest absolute Gasteiger partial charge is 0.224 e. The van der Waals surface area contributed by atoms with Crippen LogP contribution in [0.25, 0.3) is 0 Å². The van der Waals surface area contributed by atoms with Gasteiger partial charge in [-0.2, -0.15) is 4.98 Å². The fraction of sp³-hybridized carbons (Fsp3) is 0.600. The number of anilines is 1. The minimum Gasteiger partial charge on any atom is -0.389 e. The summed E-state index contributed by atoms with van der Waals surface area (Å²) in [5.74, 6) is 0.598. The molecule has 0 aromatic carbocycles. The van der Waals surface area contributed by atoms with Crippen LogP contribution in [0.15, 0.2) is 6.20 Å². The Labute approximate surface area is 120 Å². The monoisotopic (exact) mass is 313 g/mol. The summed E-state index contributed by atoms with van der Waals surface area (Å²) < 4.78 is 5.27. The number of aliphatic hydroxyl groups excluding tert-OH is 1. The second-order valence-corrected chi connectivity index (χ2v) is 4.78. The number of alkyl halides is 1. The highest BCUT2D eigenvalue weighted by Crippen LogP contribution is 2.20. The normalized spacial score (nSPS) is 14.3.